The fourth-order valence-corrected chi connectivity index (χ4v) is 2.27. The molecule has 0 fully saturated rings. The maximum absolute atomic E-state index is 10.9. The van der Waals surface area contributed by atoms with Crippen LogP contribution in [0, 0.1) is 0 Å². The molecule has 17 heavy (non-hydrogen) atoms. The van der Waals surface area contributed by atoms with Crippen LogP contribution in [0.1, 0.15) is 5.56 Å². The second-order valence-corrected chi connectivity index (χ2v) is 5.98. The lowest BCUT2D eigenvalue weighted by Crippen LogP contribution is -2.02. The van der Waals surface area contributed by atoms with E-state index in [0.717, 1.165) is 6.26 Å². The zero-order valence-electron chi connectivity index (χ0n) is 8.74. The summed E-state index contributed by atoms with van der Waals surface area (Å²) in [5.41, 5.74) is 1.04. The summed E-state index contributed by atoms with van der Waals surface area (Å²) in [6.45, 7) is -0.109. The van der Waals surface area contributed by atoms with Crippen LogP contribution in [0.15, 0.2) is 22.8 Å². The molecular formula is C10H8Cl2O4S. The Hall–Kier alpha value is -0.750. The van der Waals surface area contributed by atoms with Gasteiger partial charge in [-0.3, -0.25) is 4.18 Å². The molecule has 1 aromatic heterocycles. The SMILES string of the molecule is CS(=O)(=O)OCc1coc2c(Cl)cc(Cl)cc12. The van der Waals surface area contributed by atoms with Gasteiger partial charge < -0.3 is 4.42 Å². The molecule has 0 N–H and O–H groups in total. The number of halogens is 2. The van der Waals surface area contributed by atoms with Gasteiger partial charge in [0.25, 0.3) is 10.1 Å². The fourth-order valence-electron chi connectivity index (χ4n) is 1.39. The molecule has 0 unspecified atom stereocenters. The van der Waals surface area contributed by atoms with Crippen LogP contribution in [0.2, 0.25) is 10.0 Å². The third-order valence-corrected chi connectivity index (χ3v) is 3.15. The second kappa shape index (κ2) is 4.49. The highest BCUT2D eigenvalue weighted by atomic mass is 35.5. The van der Waals surface area contributed by atoms with Gasteiger partial charge in [0.1, 0.15) is 0 Å². The molecule has 0 spiro atoms. The van der Waals surface area contributed by atoms with E-state index in [1.807, 2.05) is 0 Å². The molecule has 1 aromatic carbocycles. The van der Waals surface area contributed by atoms with Crippen LogP contribution in [0.3, 0.4) is 0 Å². The number of furan rings is 1. The average Bonchev–Trinajstić information content (AvgIpc) is 2.57. The van der Waals surface area contributed by atoms with E-state index in [1.54, 1.807) is 12.1 Å². The molecule has 0 aliphatic carbocycles. The van der Waals surface area contributed by atoms with Gasteiger partial charge in [0.2, 0.25) is 0 Å². The standard InChI is InChI=1S/C10H8Cl2O4S/c1-17(13,14)16-5-6-4-15-10-8(6)2-7(11)3-9(10)12/h2-4H,5H2,1H3. The van der Waals surface area contributed by atoms with Crippen LogP contribution in [0.25, 0.3) is 11.0 Å². The monoisotopic (exact) mass is 294 g/mol. The third-order valence-electron chi connectivity index (χ3n) is 2.10. The van der Waals surface area contributed by atoms with Crippen molar-refractivity contribution in [3.05, 3.63) is 34.0 Å². The van der Waals surface area contributed by atoms with Crippen LogP contribution < -0.4 is 0 Å². The van der Waals surface area contributed by atoms with E-state index in [4.69, 9.17) is 27.6 Å². The van der Waals surface area contributed by atoms with Crippen molar-refractivity contribution in [1.82, 2.24) is 0 Å². The van der Waals surface area contributed by atoms with Crippen molar-refractivity contribution in [2.45, 2.75) is 6.61 Å². The number of rotatable bonds is 3. The van der Waals surface area contributed by atoms with Crippen molar-refractivity contribution in [2.24, 2.45) is 0 Å². The summed E-state index contributed by atoms with van der Waals surface area (Å²) >= 11 is 11.8. The normalized spacial score (nSPS) is 12.2. The van der Waals surface area contributed by atoms with E-state index >= 15 is 0 Å². The van der Waals surface area contributed by atoms with Crippen molar-refractivity contribution in [3.63, 3.8) is 0 Å². The van der Waals surface area contributed by atoms with Gasteiger partial charge in [0.05, 0.1) is 24.1 Å². The van der Waals surface area contributed by atoms with Crippen molar-refractivity contribution in [1.29, 1.82) is 0 Å². The Kier molecular flexibility index (Phi) is 3.36. The smallest absolute Gasteiger partial charge is 0.264 e. The van der Waals surface area contributed by atoms with Crippen LogP contribution >= 0.6 is 23.2 Å². The minimum atomic E-state index is -3.50. The van der Waals surface area contributed by atoms with E-state index in [-0.39, 0.29) is 6.61 Å². The topological polar surface area (TPSA) is 56.5 Å². The minimum Gasteiger partial charge on any atom is -0.462 e. The van der Waals surface area contributed by atoms with E-state index in [9.17, 15) is 8.42 Å². The van der Waals surface area contributed by atoms with Crippen LogP contribution in [0.5, 0.6) is 0 Å². The third kappa shape index (κ3) is 2.93. The first-order chi connectivity index (χ1) is 7.87. The van der Waals surface area contributed by atoms with Crippen molar-refractivity contribution in [2.75, 3.05) is 6.26 Å². The zero-order valence-corrected chi connectivity index (χ0v) is 11.1. The molecule has 0 bridgehead atoms. The number of fused-ring (bicyclic) bond motifs is 1. The van der Waals surface area contributed by atoms with Gasteiger partial charge >= 0.3 is 0 Å². The first-order valence-electron chi connectivity index (χ1n) is 4.56. The Bertz CT molecular complexity index is 660. The van der Waals surface area contributed by atoms with Gasteiger partial charge in [-0.25, -0.2) is 0 Å². The van der Waals surface area contributed by atoms with Gasteiger partial charge in [-0.15, -0.1) is 0 Å². The minimum absolute atomic E-state index is 0.109. The first kappa shape index (κ1) is 12.7. The largest absolute Gasteiger partial charge is 0.462 e. The molecule has 0 aliphatic rings. The van der Waals surface area contributed by atoms with Crippen LogP contribution in [-0.2, 0) is 20.9 Å². The van der Waals surface area contributed by atoms with E-state index in [0.29, 0.717) is 26.6 Å². The summed E-state index contributed by atoms with van der Waals surface area (Å²) in [5.74, 6) is 0. The average molecular weight is 295 g/mol. The molecule has 92 valence electrons. The Labute approximate surface area is 108 Å². The molecule has 0 amide bonds. The van der Waals surface area contributed by atoms with E-state index in [1.165, 1.54) is 6.26 Å². The quantitative estimate of drug-likeness (QED) is 0.816. The van der Waals surface area contributed by atoms with Gasteiger partial charge in [-0.05, 0) is 12.1 Å². The predicted octanol–water partition coefficient (Wildman–Crippen LogP) is 3.22. The van der Waals surface area contributed by atoms with Gasteiger partial charge in [0.15, 0.2) is 5.58 Å². The Morgan fingerprint density at radius 2 is 2.06 bits per heavy atom. The molecule has 0 radical (unpaired) electrons. The lowest BCUT2D eigenvalue weighted by atomic mass is 10.2. The van der Waals surface area contributed by atoms with Gasteiger partial charge in [-0.1, -0.05) is 23.2 Å². The maximum Gasteiger partial charge on any atom is 0.264 e. The van der Waals surface area contributed by atoms with Crippen molar-refractivity contribution in [3.8, 4) is 0 Å². The van der Waals surface area contributed by atoms with Gasteiger partial charge in [0, 0.05) is 16.0 Å². The number of hydrogen-bond acceptors (Lipinski definition) is 4. The van der Waals surface area contributed by atoms with Crippen molar-refractivity contribution >= 4 is 44.3 Å². The summed E-state index contributed by atoms with van der Waals surface area (Å²) in [6.07, 6.45) is 2.38. The molecule has 2 aromatic rings. The Balaban J connectivity index is 2.42. The molecule has 0 saturated carbocycles. The molecule has 7 heteroatoms. The zero-order chi connectivity index (χ0) is 12.6. The number of benzene rings is 1. The van der Waals surface area contributed by atoms with Crippen molar-refractivity contribution < 1.29 is 17.0 Å². The summed E-state index contributed by atoms with van der Waals surface area (Å²) < 4.78 is 31.7. The molecule has 4 nitrogen and oxygen atoms in total. The lowest BCUT2D eigenvalue weighted by molar-refractivity contribution is 0.311. The summed E-state index contributed by atoms with van der Waals surface area (Å²) in [7, 11) is -3.50. The summed E-state index contributed by atoms with van der Waals surface area (Å²) in [5, 5.41) is 1.47. The molecule has 2 rings (SSSR count). The highest BCUT2D eigenvalue weighted by Crippen LogP contribution is 2.31. The van der Waals surface area contributed by atoms with Gasteiger partial charge in [-0.2, -0.15) is 8.42 Å². The predicted molar refractivity (Wildman–Crippen MR) is 65.9 cm³/mol. The first-order valence-corrected chi connectivity index (χ1v) is 7.13. The number of hydrogen-bond donors (Lipinski definition) is 0. The molecule has 0 atom stereocenters. The molecule has 1 heterocycles. The van der Waals surface area contributed by atoms with Crippen LogP contribution in [-0.4, -0.2) is 14.7 Å². The maximum atomic E-state index is 10.9. The van der Waals surface area contributed by atoms with E-state index in [2.05, 4.69) is 4.18 Å². The Morgan fingerprint density at radius 3 is 2.71 bits per heavy atom. The van der Waals surface area contributed by atoms with E-state index < -0.39 is 10.1 Å². The molecular weight excluding hydrogens is 287 g/mol. The second-order valence-electron chi connectivity index (χ2n) is 3.49. The Morgan fingerprint density at radius 1 is 1.35 bits per heavy atom. The summed E-state index contributed by atoms with van der Waals surface area (Å²) in [6, 6.07) is 3.20. The lowest BCUT2D eigenvalue weighted by Gasteiger charge is -1.99. The highest BCUT2D eigenvalue weighted by molar-refractivity contribution is 7.85. The highest BCUT2D eigenvalue weighted by Gasteiger charge is 2.12. The molecule has 0 saturated heterocycles. The fraction of sp³-hybridized carbons (Fsp3) is 0.200. The molecule has 0 aliphatic heterocycles. The summed E-state index contributed by atoms with van der Waals surface area (Å²) in [4.78, 5) is 0. The van der Waals surface area contributed by atoms with Crippen LogP contribution in [0.4, 0.5) is 0 Å².